The minimum absolute atomic E-state index is 0.318. The zero-order valence-electron chi connectivity index (χ0n) is 16.8. The summed E-state index contributed by atoms with van der Waals surface area (Å²) in [5.41, 5.74) is 2.57. The Balaban J connectivity index is 1.95. The highest BCUT2D eigenvalue weighted by molar-refractivity contribution is 7.92. The standard InChI is InChI=1S/C21H28N2O4S/c1-16-7-5-9-19(15-16)23(28(4,25)26)17(2)21(24)22-14-6-8-18-10-12-20(27-3)13-11-18/h5,7,9-13,15,17H,6,8,14H2,1-4H3,(H,22,24)/t17-/m0/s1. The highest BCUT2D eigenvalue weighted by Gasteiger charge is 2.28. The highest BCUT2D eigenvalue weighted by atomic mass is 32.2. The zero-order valence-corrected chi connectivity index (χ0v) is 17.6. The van der Waals surface area contributed by atoms with Crippen LogP contribution in [0.1, 0.15) is 24.5 Å². The van der Waals surface area contributed by atoms with Crippen LogP contribution in [0.3, 0.4) is 0 Å². The van der Waals surface area contributed by atoms with E-state index in [-0.39, 0.29) is 5.91 Å². The van der Waals surface area contributed by atoms with Crippen molar-refractivity contribution in [3.05, 3.63) is 59.7 Å². The molecule has 2 aromatic rings. The second-order valence-corrected chi connectivity index (χ2v) is 8.68. The van der Waals surface area contributed by atoms with Gasteiger partial charge in [-0.25, -0.2) is 8.42 Å². The van der Waals surface area contributed by atoms with E-state index in [1.807, 2.05) is 37.3 Å². The normalized spacial score (nSPS) is 12.3. The first kappa shape index (κ1) is 21.8. The first-order chi connectivity index (χ1) is 13.2. The number of sulfonamides is 1. The molecule has 0 spiro atoms. The Bertz CT molecular complexity index is 895. The fourth-order valence-electron chi connectivity index (χ4n) is 3.02. The van der Waals surface area contributed by atoms with E-state index in [0.29, 0.717) is 12.2 Å². The maximum atomic E-state index is 12.6. The molecule has 0 unspecified atom stereocenters. The van der Waals surface area contributed by atoms with Gasteiger partial charge in [-0.1, -0.05) is 24.3 Å². The van der Waals surface area contributed by atoms with Crippen LogP contribution in [0.25, 0.3) is 0 Å². The summed E-state index contributed by atoms with van der Waals surface area (Å²) >= 11 is 0. The molecule has 2 aromatic carbocycles. The molecular weight excluding hydrogens is 376 g/mol. The molecule has 7 heteroatoms. The van der Waals surface area contributed by atoms with Crippen LogP contribution in [0.4, 0.5) is 5.69 Å². The van der Waals surface area contributed by atoms with Crippen molar-refractivity contribution in [2.24, 2.45) is 0 Å². The minimum Gasteiger partial charge on any atom is -0.497 e. The van der Waals surface area contributed by atoms with Gasteiger partial charge in [0.15, 0.2) is 0 Å². The molecule has 152 valence electrons. The average Bonchev–Trinajstić information content (AvgIpc) is 2.64. The van der Waals surface area contributed by atoms with Gasteiger partial charge in [-0.2, -0.15) is 0 Å². The lowest BCUT2D eigenvalue weighted by molar-refractivity contribution is -0.121. The van der Waals surface area contributed by atoms with Crippen LogP contribution in [0.2, 0.25) is 0 Å². The number of hydrogen-bond acceptors (Lipinski definition) is 4. The van der Waals surface area contributed by atoms with Crippen LogP contribution >= 0.6 is 0 Å². The Labute approximate surface area is 167 Å². The molecular formula is C21H28N2O4S. The molecule has 6 nitrogen and oxygen atoms in total. The Kier molecular flexibility index (Phi) is 7.45. The fourth-order valence-corrected chi connectivity index (χ4v) is 4.18. The first-order valence-electron chi connectivity index (χ1n) is 9.19. The van der Waals surface area contributed by atoms with E-state index < -0.39 is 16.1 Å². The fraction of sp³-hybridized carbons (Fsp3) is 0.381. The van der Waals surface area contributed by atoms with E-state index in [4.69, 9.17) is 4.74 Å². The van der Waals surface area contributed by atoms with Crippen LogP contribution in [0.5, 0.6) is 5.75 Å². The predicted octanol–water partition coefficient (Wildman–Crippen LogP) is 2.91. The van der Waals surface area contributed by atoms with E-state index in [1.54, 1.807) is 32.2 Å². The first-order valence-corrected chi connectivity index (χ1v) is 11.0. The van der Waals surface area contributed by atoms with Gasteiger partial charge in [0, 0.05) is 6.54 Å². The Morgan fingerprint density at radius 3 is 2.43 bits per heavy atom. The van der Waals surface area contributed by atoms with E-state index in [1.165, 1.54) is 4.31 Å². The van der Waals surface area contributed by atoms with Gasteiger partial charge in [0.1, 0.15) is 11.8 Å². The molecule has 0 fully saturated rings. The monoisotopic (exact) mass is 404 g/mol. The van der Waals surface area contributed by atoms with E-state index >= 15 is 0 Å². The summed E-state index contributed by atoms with van der Waals surface area (Å²) in [6.45, 7) is 3.96. The predicted molar refractivity (Wildman–Crippen MR) is 112 cm³/mol. The number of hydrogen-bond donors (Lipinski definition) is 1. The lowest BCUT2D eigenvalue weighted by atomic mass is 10.1. The SMILES string of the molecule is COc1ccc(CCCNC(=O)[C@H](C)N(c2cccc(C)c2)S(C)(=O)=O)cc1. The summed E-state index contributed by atoms with van der Waals surface area (Å²) in [5, 5.41) is 2.84. The van der Waals surface area contributed by atoms with Crippen LogP contribution in [0, 0.1) is 6.92 Å². The number of benzene rings is 2. The summed E-state index contributed by atoms with van der Waals surface area (Å²) in [4.78, 5) is 12.6. The zero-order chi connectivity index (χ0) is 20.7. The molecule has 0 aliphatic rings. The van der Waals surface area contributed by atoms with Crippen LogP contribution in [0.15, 0.2) is 48.5 Å². The van der Waals surface area contributed by atoms with Gasteiger partial charge in [0.25, 0.3) is 0 Å². The molecule has 0 radical (unpaired) electrons. The summed E-state index contributed by atoms with van der Waals surface area (Å²) in [5.74, 6) is 0.490. The quantitative estimate of drug-likeness (QED) is 0.652. The number of carbonyl (C=O) groups excluding carboxylic acids is 1. The van der Waals surface area contributed by atoms with Gasteiger partial charge in [0.2, 0.25) is 15.9 Å². The third-order valence-electron chi connectivity index (χ3n) is 4.45. The van der Waals surface area contributed by atoms with E-state index in [2.05, 4.69) is 5.32 Å². The maximum Gasteiger partial charge on any atom is 0.243 e. The van der Waals surface area contributed by atoms with E-state index in [9.17, 15) is 13.2 Å². The summed E-state index contributed by atoms with van der Waals surface area (Å²) in [7, 11) is -1.97. The minimum atomic E-state index is -3.60. The number of nitrogens with one attached hydrogen (secondary N) is 1. The number of amides is 1. The number of nitrogens with zero attached hydrogens (tertiary/aromatic N) is 1. The Morgan fingerprint density at radius 2 is 1.86 bits per heavy atom. The maximum absolute atomic E-state index is 12.6. The van der Waals surface area contributed by atoms with Crippen LogP contribution < -0.4 is 14.4 Å². The van der Waals surface area contributed by atoms with Crippen molar-refractivity contribution >= 4 is 21.6 Å². The number of methoxy groups -OCH3 is 1. The topological polar surface area (TPSA) is 75.7 Å². The molecule has 1 N–H and O–H groups in total. The second kappa shape index (κ2) is 9.59. The second-order valence-electron chi connectivity index (χ2n) is 6.82. The van der Waals surface area contributed by atoms with Crippen molar-refractivity contribution in [2.45, 2.75) is 32.7 Å². The van der Waals surface area contributed by atoms with Gasteiger partial charge in [-0.3, -0.25) is 9.10 Å². The molecule has 0 aliphatic heterocycles. The smallest absolute Gasteiger partial charge is 0.243 e. The van der Waals surface area contributed by atoms with Crippen molar-refractivity contribution in [1.82, 2.24) is 5.32 Å². The van der Waals surface area contributed by atoms with Crippen molar-refractivity contribution in [3.63, 3.8) is 0 Å². The third kappa shape index (κ3) is 5.99. The molecule has 0 bridgehead atoms. The molecule has 0 saturated carbocycles. The lowest BCUT2D eigenvalue weighted by Crippen LogP contribution is -2.48. The van der Waals surface area contributed by atoms with E-state index in [0.717, 1.165) is 36.0 Å². The number of rotatable bonds is 9. The van der Waals surface area contributed by atoms with Crippen molar-refractivity contribution < 1.29 is 17.9 Å². The summed E-state index contributed by atoms with van der Waals surface area (Å²) in [6.07, 6.45) is 2.68. The van der Waals surface area contributed by atoms with Crippen molar-refractivity contribution in [2.75, 3.05) is 24.2 Å². The van der Waals surface area contributed by atoms with Gasteiger partial charge in [-0.15, -0.1) is 0 Å². The molecule has 0 heterocycles. The van der Waals surface area contributed by atoms with Gasteiger partial charge < -0.3 is 10.1 Å². The summed E-state index contributed by atoms with van der Waals surface area (Å²) < 4.78 is 30.9. The largest absolute Gasteiger partial charge is 0.497 e. The van der Waals surface area contributed by atoms with Crippen molar-refractivity contribution in [1.29, 1.82) is 0 Å². The lowest BCUT2D eigenvalue weighted by Gasteiger charge is -2.28. The average molecular weight is 405 g/mol. The molecule has 0 aromatic heterocycles. The van der Waals surface area contributed by atoms with Crippen LogP contribution in [-0.4, -0.2) is 40.3 Å². The molecule has 0 aliphatic carbocycles. The summed E-state index contributed by atoms with van der Waals surface area (Å²) in [6, 6.07) is 14.1. The van der Waals surface area contributed by atoms with Gasteiger partial charge >= 0.3 is 0 Å². The Hall–Kier alpha value is -2.54. The van der Waals surface area contributed by atoms with Gasteiger partial charge in [0.05, 0.1) is 19.1 Å². The molecule has 1 amide bonds. The number of carbonyl (C=O) groups is 1. The van der Waals surface area contributed by atoms with Crippen LogP contribution in [-0.2, 0) is 21.2 Å². The molecule has 2 rings (SSSR count). The molecule has 0 saturated heterocycles. The number of ether oxygens (including phenoxy) is 1. The Morgan fingerprint density at radius 1 is 1.18 bits per heavy atom. The van der Waals surface area contributed by atoms with Crippen molar-refractivity contribution in [3.8, 4) is 5.75 Å². The number of aryl methyl sites for hydroxylation is 2. The van der Waals surface area contributed by atoms with Gasteiger partial charge in [-0.05, 0) is 62.1 Å². The molecule has 28 heavy (non-hydrogen) atoms. The molecule has 1 atom stereocenters. The highest BCUT2D eigenvalue weighted by Crippen LogP contribution is 2.22. The number of anilines is 1. The third-order valence-corrected chi connectivity index (χ3v) is 5.69.